The number of aliphatic hydroxyl groups excluding tert-OH is 1. The highest BCUT2D eigenvalue weighted by Gasteiger charge is 2.10. The van der Waals surface area contributed by atoms with E-state index in [0.717, 1.165) is 0 Å². The van der Waals surface area contributed by atoms with Crippen LogP contribution in [-0.4, -0.2) is 21.2 Å². The minimum atomic E-state index is -1.29. The number of rotatable bonds is 3. The Balaban J connectivity index is 2.94. The standard InChI is InChI=1S/C9H12ClNO2S/c1-6(12)5-14(13)9-4-7(10)2-3-8(9)11/h2-4,6,12H,5,11H2,1H3. The first kappa shape index (κ1) is 11.5. The van der Waals surface area contributed by atoms with Gasteiger partial charge in [0.15, 0.2) is 0 Å². The lowest BCUT2D eigenvalue weighted by molar-refractivity contribution is 0.219. The Bertz CT molecular complexity index is 355. The minimum Gasteiger partial charge on any atom is -0.398 e. The molecule has 0 fully saturated rings. The van der Waals surface area contributed by atoms with E-state index in [9.17, 15) is 4.21 Å². The summed E-state index contributed by atoms with van der Waals surface area (Å²) in [6.45, 7) is 1.58. The molecule has 3 nitrogen and oxygen atoms in total. The lowest BCUT2D eigenvalue weighted by Crippen LogP contribution is -2.13. The molecule has 0 spiro atoms. The van der Waals surface area contributed by atoms with Crippen molar-refractivity contribution < 1.29 is 9.32 Å². The zero-order chi connectivity index (χ0) is 10.7. The van der Waals surface area contributed by atoms with E-state index in [-0.39, 0.29) is 5.75 Å². The van der Waals surface area contributed by atoms with Gasteiger partial charge in [-0.15, -0.1) is 0 Å². The molecular formula is C9H12ClNO2S. The van der Waals surface area contributed by atoms with Crippen molar-refractivity contribution in [2.24, 2.45) is 0 Å². The molecule has 78 valence electrons. The number of anilines is 1. The van der Waals surface area contributed by atoms with Gasteiger partial charge in [0.05, 0.1) is 27.6 Å². The fourth-order valence-corrected chi connectivity index (χ4v) is 2.46. The Morgan fingerprint density at radius 2 is 2.29 bits per heavy atom. The van der Waals surface area contributed by atoms with Crippen molar-refractivity contribution in [2.75, 3.05) is 11.5 Å². The summed E-state index contributed by atoms with van der Waals surface area (Å²) >= 11 is 5.74. The van der Waals surface area contributed by atoms with Crippen LogP contribution in [0.15, 0.2) is 23.1 Å². The van der Waals surface area contributed by atoms with Gasteiger partial charge in [-0.05, 0) is 25.1 Å². The summed E-state index contributed by atoms with van der Waals surface area (Å²) in [5.74, 6) is 0.171. The molecule has 0 saturated heterocycles. The first-order valence-corrected chi connectivity index (χ1v) is 5.82. The highest BCUT2D eigenvalue weighted by atomic mass is 35.5. The third-order valence-corrected chi connectivity index (χ3v) is 3.48. The Labute approximate surface area is 90.3 Å². The topological polar surface area (TPSA) is 63.3 Å². The molecule has 0 aromatic heterocycles. The van der Waals surface area contributed by atoms with E-state index in [4.69, 9.17) is 22.4 Å². The fourth-order valence-electron chi connectivity index (χ4n) is 1.01. The number of halogens is 1. The Kier molecular flexibility index (Phi) is 3.92. The van der Waals surface area contributed by atoms with Gasteiger partial charge in [-0.25, -0.2) is 0 Å². The molecule has 0 aliphatic rings. The second-order valence-corrected chi connectivity index (χ2v) is 4.94. The van der Waals surface area contributed by atoms with E-state index in [2.05, 4.69) is 0 Å². The number of hydrogen-bond acceptors (Lipinski definition) is 3. The summed E-state index contributed by atoms with van der Waals surface area (Å²) in [5.41, 5.74) is 6.07. The highest BCUT2D eigenvalue weighted by molar-refractivity contribution is 7.85. The van der Waals surface area contributed by atoms with Crippen LogP contribution < -0.4 is 5.73 Å². The third kappa shape index (κ3) is 2.97. The van der Waals surface area contributed by atoms with E-state index in [1.54, 1.807) is 25.1 Å². The van der Waals surface area contributed by atoms with Gasteiger partial charge in [0.2, 0.25) is 0 Å². The molecule has 14 heavy (non-hydrogen) atoms. The quantitative estimate of drug-likeness (QED) is 0.776. The maximum absolute atomic E-state index is 11.6. The van der Waals surface area contributed by atoms with E-state index >= 15 is 0 Å². The molecule has 0 amide bonds. The van der Waals surface area contributed by atoms with Crippen molar-refractivity contribution in [3.63, 3.8) is 0 Å². The van der Waals surface area contributed by atoms with Gasteiger partial charge < -0.3 is 10.8 Å². The molecule has 2 unspecified atom stereocenters. The van der Waals surface area contributed by atoms with Gasteiger partial charge >= 0.3 is 0 Å². The van der Waals surface area contributed by atoms with Crippen molar-refractivity contribution in [3.8, 4) is 0 Å². The largest absolute Gasteiger partial charge is 0.398 e. The van der Waals surface area contributed by atoms with E-state index < -0.39 is 16.9 Å². The second-order valence-electron chi connectivity index (χ2n) is 3.04. The Morgan fingerprint density at radius 1 is 1.64 bits per heavy atom. The number of hydrogen-bond donors (Lipinski definition) is 2. The monoisotopic (exact) mass is 233 g/mol. The first-order chi connectivity index (χ1) is 6.50. The smallest absolute Gasteiger partial charge is 0.0633 e. The molecule has 0 bridgehead atoms. The Hall–Kier alpha value is -0.580. The molecule has 0 saturated carbocycles. The van der Waals surface area contributed by atoms with Crippen LogP contribution in [0.3, 0.4) is 0 Å². The molecule has 1 rings (SSSR count). The average molecular weight is 234 g/mol. The molecule has 3 N–H and O–H groups in total. The van der Waals surface area contributed by atoms with Crippen molar-refractivity contribution >= 4 is 28.1 Å². The summed E-state index contributed by atoms with van der Waals surface area (Å²) in [5, 5.41) is 9.57. The van der Waals surface area contributed by atoms with Crippen LogP contribution >= 0.6 is 11.6 Å². The maximum Gasteiger partial charge on any atom is 0.0633 e. The van der Waals surface area contributed by atoms with Crippen LogP contribution in [0.1, 0.15) is 6.92 Å². The lowest BCUT2D eigenvalue weighted by Gasteiger charge is -2.07. The predicted octanol–water partition coefficient (Wildman–Crippen LogP) is 1.41. The van der Waals surface area contributed by atoms with Crippen LogP contribution in [0.4, 0.5) is 5.69 Å². The van der Waals surface area contributed by atoms with E-state index in [1.165, 1.54) is 0 Å². The molecule has 0 aliphatic heterocycles. The van der Waals surface area contributed by atoms with Crippen molar-refractivity contribution in [1.29, 1.82) is 0 Å². The van der Waals surface area contributed by atoms with Crippen LogP contribution in [0.25, 0.3) is 0 Å². The molecule has 1 aromatic carbocycles. The number of aliphatic hydroxyl groups is 1. The second kappa shape index (κ2) is 4.77. The van der Waals surface area contributed by atoms with Crippen LogP contribution in [0, 0.1) is 0 Å². The van der Waals surface area contributed by atoms with Gasteiger partial charge in [-0.1, -0.05) is 11.6 Å². The summed E-state index contributed by atoms with van der Waals surface area (Å²) in [6, 6.07) is 4.81. The van der Waals surface area contributed by atoms with Crippen molar-refractivity contribution in [2.45, 2.75) is 17.9 Å². The van der Waals surface area contributed by atoms with Gasteiger partial charge in [-0.2, -0.15) is 0 Å². The van der Waals surface area contributed by atoms with Crippen molar-refractivity contribution in [1.82, 2.24) is 0 Å². The fraction of sp³-hybridized carbons (Fsp3) is 0.333. The molecule has 0 radical (unpaired) electrons. The van der Waals surface area contributed by atoms with Crippen LogP contribution in [0.5, 0.6) is 0 Å². The highest BCUT2D eigenvalue weighted by Crippen LogP contribution is 2.21. The summed E-state index contributed by atoms with van der Waals surface area (Å²) in [6.07, 6.45) is -0.616. The molecule has 1 aromatic rings. The lowest BCUT2D eigenvalue weighted by atomic mass is 10.3. The first-order valence-electron chi connectivity index (χ1n) is 4.12. The Morgan fingerprint density at radius 3 is 2.86 bits per heavy atom. The molecule has 0 aliphatic carbocycles. The molecule has 0 heterocycles. The predicted molar refractivity (Wildman–Crippen MR) is 58.8 cm³/mol. The van der Waals surface area contributed by atoms with E-state index in [1.807, 2.05) is 0 Å². The molecule has 5 heteroatoms. The summed E-state index contributed by atoms with van der Waals surface area (Å²) < 4.78 is 11.6. The molecule has 2 atom stereocenters. The number of benzene rings is 1. The van der Waals surface area contributed by atoms with Crippen LogP contribution in [-0.2, 0) is 10.8 Å². The minimum absolute atomic E-state index is 0.171. The molecular weight excluding hydrogens is 222 g/mol. The maximum atomic E-state index is 11.6. The van der Waals surface area contributed by atoms with Gasteiger partial charge in [0.25, 0.3) is 0 Å². The van der Waals surface area contributed by atoms with Gasteiger partial charge in [0, 0.05) is 10.7 Å². The number of nitrogen functional groups attached to an aromatic ring is 1. The zero-order valence-corrected chi connectivity index (χ0v) is 9.31. The summed E-state index contributed by atoms with van der Waals surface area (Å²) in [7, 11) is -1.29. The SMILES string of the molecule is CC(O)CS(=O)c1cc(Cl)ccc1N. The normalized spacial score (nSPS) is 15.1. The third-order valence-electron chi connectivity index (χ3n) is 1.61. The number of nitrogens with two attached hydrogens (primary N) is 1. The van der Waals surface area contributed by atoms with Gasteiger partial charge in [-0.3, -0.25) is 4.21 Å². The zero-order valence-electron chi connectivity index (χ0n) is 7.74. The van der Waals surface area contributed by atoms with E-state index in [0.29, 0.717) is 15.6 Å². The van der Waals surface area contributed by atoms with Crippen LogP contribution in [0.2, 0.25) is 5.02 Å². The average Bonchev–Trinajstić information content (AvgIpc) is 2.08. The van der Waals surface area contributed by atoms with Gasteiger partial charge in [0.1, 0.15) is 0 Å². The van der Waals surface area contributed by atoms with Crippen molar-refractivity contribution in [3.05, 3.63) is 23.2 Å². The summed E-state index contributed by atoms with van der Waals surface area (Å²) in [4.78, 5) is 0.485.